The van der Waals surface area contributed by atoms with Crippen molar-refractivity contribution >= 4 is 5.91 Å². The van der Waals surface area contributed by atoms with Crippen LogP contribution in [-0.4, -0.2) is 37.1 Å². The molecular formula is C13H17NO2. The van der Waals surface area contributed by atoms with Crippen LogP contribution in [0.5, 0.6) is 0 Å². The lowest BCUT2D eigenvalue weighted by molar-refractivity contribution is -0.136. The molecule has 0 saturated carbocycles. The molecule has 3 heteroatoms. The first-order chi connectivity index (χ1) is 7.79. The zero-order valence-corrected chi connectivity index (χ0v) is 9.56. The van der Waals surface area contributed by atoms with Crippen molar-refractivity contribution in [3.05, 3.63) is 35.9 Å². The summed E-state index contributed by atoms with van der Waals surface area (Å²) < 4.78 is 5.24. The summed E-state index contributed by atoms with van der Waals surface area (Å²) in [5.74, 6) is 0.147. The minimum absolute atomic E-state index is 0.0562. The van der Waals surface area contributed by atoms with Gasteiger partial charge in [-0.1, -0.05) is 30.3 Å². The molecule has 1 saturated heterocycles. The standard InChI is InChI=1S/C13H17NO2/c1-11(12-5-3-2-4-6-12)13(15)14-7-9-16-10-8-14/h2-6,11H,7-10H2,1H3/t11-/m1/s1. The van der Waals surface area contributed by atoms with Gasteiger partial charge in [0.25, 0.3) is 0 Å². The maximum Gasteiger partial charge on any atom is 0.229 e. The monoisotopic (exact) mass is 219 g/mol. The number of carbonyl (C=O) groups excluding carboxylic acids is 1. The largest absolute Gasteiger partial charge is 0.378 e. The minimum Gasteiger partial charge on any atom is -0.378 e. The zero-order valence-electron chi connectivity index (χ0n) is 9.56. The lowest BCUT2D eigenvalue weighted by atomic mass is 10.00. The Kier molecular flexibility index (Phi) is 3.57. The molecule has 1 atom stereocenters. The molecule has 1 aromatic rings. The van der Waals surface area contributed by atoms with Crippen LogP contribution >= 0.6 is 0 Å². The molecule has 1 aromatic carbocycles. The van der Waals surface area contributed by atoms with Crippen molar-refractivity contribution in [1.82, 2.24) is 4.90 Å². The molecule has 1 heterocycles. The van der Waals surface area contributed by atoms with Crippen molar-refractivity contribution in [1.29, 1.82) is 0 Å². The van der Waals surface area contributed by atoms with Gasteiger partial charge in [-0.15, -0.1) is 0 Å². The van der Waals surface area contributed by atoms with E-state index in [4.69, 9.17) is 4.74 Å². The molecule has 0 aromatic heterocycles. The lowest BCUT2D eigenvalue weighted by Crippen LogP contribution is -2.42. The van der Waals surface area contributed by atoms with E-state index in [2.05, 4.69) is 0 Å². The summed E-state index contributed by atoms with van der Waals surface area (Å²) in [7, 11) is 0. The van der Waals surface area contributed by atoms with Crippen LogP contribution in [0, 0.1) is 0 Å². The number of hydrogen-bond donors (Lipinski definition) is 0. The summed E-state index contributed by atoms with van der Waals surface area (Å²) in [5.41, 5.74) is 1.08. The number of nitrogens with zero attached hydrogens (tertiary/aromatic N) is 1. The topological polar surface area (TPSA) is 29.5 Å². The Bertz CT molecular complexity index is 344. The quantitative estimate of drug-likeness (QED) is 0.757. The summed E-state index contributed by atoms with van der Waals surface area (Å²) in [6, 6.07) is 9.91. The van der Waals surface area contributed by atoms with Crippen molar-refractivity contribution in [3.8, 4) is 0 Å². The molecule has 1 fully saturated rings. The minimum atomic E-state index is -0.0562. The Morgan fingerprint density at radius 2 is 1.88 bits per heavy atom. The predicted molar refractivity (Wildman–Crippen MR) is 62.3 cm³/mol. The zero-order chi connectivity index (χ0) is 11.4. The fourth-order valence-electron chi connectivity index (χ4n) is 1.94. The van der Waals surface area contributed by atoms with Gasteiger partial charge in [-0.3, -0.25) is 4.79 Å². The van der Waals surface area contributed by atoms with Crippen molar-refractivity contribution in [2.45, 2.75) is 12.8 Å². The fraction of sp³-hybridized carbons (Fsp3) is 0.462. The molecule has 1 aliphatic heterocycles. The summed E-state index contributed by atoms with van der Waals surface area (Å²) >= 11 is 0. The molecule has 0 unspecified atom stereocenters. The summed E-state index contributed by atoms with van der Waals surface area (Å²) in [6.07, 6.45) is 0. The van der Waals surface area contributed by atoms with Gasteiger partial charge in [0.15, 0.2) is 0 Å². The summed E-state index contributed by atoms with van der Waals surface area (Å²) in [4.78, 5) is 14.1. The fourth-order valence-corrected chi connectivity index (χ4v) is 1.94. The number of amides is 1. The molecule has 3 nitrogen and oxygen atoms in total. The SMILES string of the molecule is C[C@@H](C(=O)N1CCOCC1)c1ccccc1. The van der Waals surface area contributed by atoms with Crippen molar-refractivity contribution < 1.29 is 9.53 Å². The van der Waals surface area contributed by atoms with Gasteiger partial charge in [0.1, 0.15) is 0 Å². The van der Waals surface area contributed by atoms with E-state index in [1.165, 1.54) is 0 Å². The third kappa shape index (κ3) is 2.42. The third-order valence-electron chi connectivity index (χ3n) is 2.99. The summed E-state index contributed by atoms with van der Waals surface area (Å²) in [6.45, 7) is 4.72. The highest BCUT2D eigenvalue weighted by atomic mass is 16.5. The number of morpholine rings is 1. The van der Waals surface area contributed by atoms with Crippen LogP contribution in [0.4, 0.5) is 0 Å². The average Bonchev–Trinajstić information content (AvgIpc) is 2.39. The molecule has 86 valence electrons. The maximum atomic E-state index is 12.2. The van der Waals surface area contributed by atoms with Gasteiger partial charge in [0, 0.05) is 13.1 Å². The van der Waals surface area contributed by atoms with E-state index < -0.39 is 0 Å². The molecule has 1 amide bonds. The second kappa shape index (κ2) is 5.12. The number of hydrogen-bond acceptors (Lipinski definition) is 2. The Labute approximate surface area is 96.0 Å². The molecule has 0 bridgehead atoms. The van der Waals surface area contributed by atoms with Crippen molar-refractivity contribution in [3.63, 3.8) is 0 Å². The second-order valence-corrected chi connectivity index (χ2v) is 4.07. The van der Waals surface area contributed by atoms with Crippen LogP contribution in [0.25, 0.3) is 0 Å². The van der Waals surface area contributed by atoms with Gasteiger partial charge in [-0.25, -0.2) is 0 Å². The average molecular weight is 219 g/mol. The molecule has 2 rings (SSSR count). The first-order valence-electron chi connectivity index (χ1n) is 5.70. The van der Waals surface area contributed by atoms with E-state index in [1.54, 1.807) is 0 Å². The van der Waals surface area contributed by atoms with Gasteiger partial charge >= 0.3 is 0 Å². The van der Waals surface area contributed by atoms with E-state index >= 15 is 0 Å². The van der Waals surface area contributed by atoms with Crippen LogP contribution in [-0.2, 0) is 9.53 Å². The van der Waals surface area contributed by atoms with Gasteiger partial charge in [-0.05, 0) is 12.5 Å². The number of benzene rings is 1. The van der Waals surface area contributed by atoms with Gasteiger partial charge in [0.2, 0.25) is 5.91 Å². The van der Waals surface area contributed by atoms with Crippen LogP contribution < -0.4 is 0 Å². The molecule has 0 spiro atoms. The maximum absolute atomic E-state index is 12.2. The van der Waals surface area contributed by atoms with Crippen molar-refractivity contribution in [2.24, 2.45) is 0 Å². The van der Waals surface area contributed by atoms with E-state index in [0.717, 1.165) is 18.7 Å². The first kappa shape index (κ1) is 11.1. The van der Waals surface area contributed by atoms with E-state index in [1.807, 2.05) is 42.2 Å². The molecule has 1 aliphatic rings. The van der Waals surface area contributed by atoms with Crippen LogP contribution in [0.1, 0.15) is 18.4 Å². The molecule has 16 heavy (non-hydrogen) atoms. The molecule has 0 N–H and O–H groups in total. The van der Waals surface area contributed by atoms with Crippen LogP contribution in [0.2, 0.25) is 0 Å². The van der Waals surface area contributed by atoms with Gasteiger partial charge < -0.3 is 9.64 Å². The number of rotatable bonds is 2. The second-order valence-electron chi connectivity index (χ2n) is 4.07. The Hall–Kier alpha value is -1.35. The lowest BCUT2D eigenvalue weighted by Gasteiger charge is -2.29. The molecule has 0 radical (unpaired) electrons. The van der Waals surface area contributed by atoms with Crippen LogP contribution in [0.15, 0.2) is 30.3 Å². The molecular weight excluding hydrogens is 202 g/mol. The predicted octanol–water partition coefficient (Wildman–Crippen LogP) is 1.65. The Morgan fingerprint density at radius 3 is 2.50 bits per heavy atom. The smallest absolute Gasteiger partial charge is 0.229 e. The van der Waals surface area contributed by atoms with E-state index in [-0.39, 0.29) is 11.8 Å². The third-order valence-corrected chi connectivity index (χ3v) is 2.99. The highest BCUT2D eigenvalue weighted by Crippen LogP contribution is 2.18. The first-order valence-corrected chi connectivity index (χ1v) is 5.70. The van der Waals surface area contributed by atoms with Crippen LogP contribution in [0.3, 0.4) is 0 Å². The van der Waals surface area contributed by atoms with E-state index in [9.17, 15) is 4.79 Å². The molecule has 0 aliphatic carbocycles. The van der Waals surface area contributed by atoms with Gasteiger partial charge in [0.05, 0.1) is 19.1 Å². The Morgan fingerprint density at radius 1 is 1.25 bits per heavy atom. The highest BCUT2D eigenvalue weighted by molar-refractivity contribution is 5.83. The highest BCUT2D eigenvalue weighted by Gasteiger charge is 2.23. The van der Waals surface area contributed by atoms with Crippen molar-refractivity contribution in [2.75, 3.05) is 26.3 Å². The van der Waals surface area contributed by atoms with Gasteiger partial charge in [-0.2, -0.15) is 0 Å². The Balaban J connectivity index is 2.04. The summed E-state index contributed by atoms with van der Waals surface area (Å²) in [5, 5.41) is 0. The number of carbonyl (C=O) groups is 1. The normalized spacial score (nSPS) is 18.2. The number of ether oxygens (including phenoxy) is 1. The van der Waals surface area contributed by atoms with E-state index in [0.29, 0.717) is 13.2 Å².